The van der Waals surface area contributed by atoms with Gasteiger partial charge in [-0.25, -0.2) is 0 Å². The summed E-state index contributed by atoms with van der Waals surface area (Å²) >= 11 is 0. The van der Waals surface area contributed by atoms with E-state index in [0.29, 0.717) is 12.6 Å². The van der Waals surface area contributed by atoms with Gasteiger partial charge in [0.2, 0.25) is 0 Å². The van der Waals surface area contributed by atoms with Gasteiger partial charge in [-0.05, 0) is 39.2 Å². The second-order valence-electron chi connectivity index (χ2n) is 5.72. The molecule has 3 unspecified atom stereocenters. The molecular weight excluding hydrogens is 216 g/mol. The van der Waals surface area contributed by atoms with E-state index in [2.05, 4.69) is 10.2 Å². The topological polar surface area (TPSA) is 44.7 Å². The molecule has 0 bridgehead atoms. The van der Waals surface area contributed by atoms with Crippen LogP contribution in [0, 0.1) is 5.92 Å². The van der Waals surface area contributed by atoms with Gasteiger partial charge < -0.3 is 15.2 Å². The minimum absolute atomic E-state index is 0.201. The summed E-state index contributed by atoms with van der Waals surface area (Å²) in [6, 6.07) is 0.655. The van der Waals surface area contributed by atoms with E-state index in [9.17, 15) is 5.11 Å². The van der Waals surface area contributed by atoms with Crippen LogP contribution in [0.1, 0.15) is 26.7 Å². The average Bonchev–Trinajstić information content (AvgIpc) is 2.68. The first-order chi connectivity index (χ1) is 8.15. The van der Waals surface area contributed by atoms with Crippen molar-refractivity contribution in [2.45, 2.75) is 44.9 Å². The van der Waals surface area contributed by atoms with Crippen molar-refractivity contribution in [1.29, 1.82) is 0 Å². The highest BCUT2D eigenvalue weighted by molar-refractivity contribution is 4.92. The molecule has 2 aliphatic rings. The number of β-amino-alcohol motifs (C(OH)–C–C–N with tert-alkyl or cyclic N) is 1. The van der Waals surface area contributed by atoms with Crippen molar-refractivity contribution >= 4 is 0 Å². The summed E-state index contributed by atoms with van der Waals surface area (Å²) in [6.07, 6.45) is 2.49. The van der Waals surface area contributed by atoms with Gasteiger partial charge in [-0.3, -0.25) is 4.90 Å². The average molecular weight is 242 g/mol. The molecule has 4 heteroatoms. The number of hydrogen-bond donors (Lipinski definition) is 2. The molecule has 4 nitrogen and oxygen atoms in total. The molecule has 17 heavy (non-hydrogen) atoms. The van der Waals surface area contributed by atoms with Gasteiger partial charge in [0.05, 0.1) is 18.8 Å². The summed E-state index contributed by atoms with van der Waals surface area (Å²) in [7, 11) is 0. The summed E-state index contributed by atoms with van der Waals surface area (Å²) in [5.41, 5.74) is 0. The quantitative estimate of drug-likeness (QED) is 0.735. The van der Waals surface area contributed by atoms with Crippen LogP contribution in [0.5, 0.6) is 0 Å². The molecule has 0 aromatic carbocycles. The summed E-state index contributed by atoms with van der Waals surface area (Å²) in [4.78, 5) is 2.38. The van der Waals surface area contributed by atoms with Gasteiger partial charge in [0.1, 0.15) is 0 Å². The molecule has 0 aromatic heterocycles. The first-order valence-corrected chi connectivity index (χ1v) is 6.90. The van der Waals surface area contributed by atoms with Crippen molar-refractivity contribution in [3.63, 3.8) is 0 Å². The van der Waals surface area contributed by atoms with E-state index in [-0.39, 0.29) is 12.2 Å². The molecule has 0 saturated carbocycles. The fourth-order valence-corrected chi connectivity index (χ4v) is 2.94. The monoisotopic (exact) mass is 242 g/mol. The molecule has 2 aliphatic heterocycles. The summed E-state index contributed by atoms with van der Waals surface area (Å²) in [6.45, 7) is 8.59. The second kappa shape index (κ2) is 6.14. The molecule has 0 amide bonds. The van der Waals surface area contributed by atoms with Crippen molar-refractivity contribution < 1.29 is 9.84 Å². The molecule has 0 radical (unpaired) electrons. The van der Waals surface area contributed by atoms with E-state index in [1.165, 1.54) is 12.8 Å². The largest absolute Gasteiger partial charge is 0.389 e. The highest BCUT2D eigenvalue weighted by Gasteiger charge is 2.34. The molecule has 0 spiro atoms. The zero-order chi connectivity index (χ0) is 12.3. The lowest BCUT2D eigenvalue weighted by Crippen LogP contribution is -2.41. The van der Waals surface area contributed by atoms with Gasteiger partial charge >= 0.3 is 0 Å². The smallest absolute Gasteiger partial charge is 0.0900 e. The summed E-state index contributed by atoms with van der Waals surface area (Å²) in [5, 5.41) is 13.5. The highest BCUT2D eigenvalue weighted by atomic mass is 16.5. The number of ether oxygens (including phenoxy) is 1. The third-order valence-electron chi connectivity index (χ3n) is 3.77. The summed E-state index contributed by atoms with van der Waals surface area (Å²) < 4.78 is 5.44. The van der Waals surface area contributed by atoms with Crippen LogP contribution in [0.4, 0.5) is 0 Å². The van der Waals surface area contributed by atoms with Crippen molar-refractivity contribution in [2.75, 3.05) is 32.8 Å². The Hall–Kier alpha value is -0.160. The van der Waals surface area contributed by atoms with Gasteiger partial charge in [0.15, 0.2) is 0 Å². The fourth-order valence-electron chi connectivity index (χ4n) is 2.94. The number of fused-ring (bicyclic) bond motifs is 1. The van der Waals surface area contributed by atoms with Crippen LogP contribution in [-0.4, -0.2) is 61.0 Å². The molecule has 0 aliphatic carbocycles. The Morgan fingerprint density at radius 1 is 1.41 bits per heavy atom. The molecule has 2 N–H and O–H groups in total. The van der Waals surface area contributed by atoms with Gasteiger partial charge in [0, 0.05) is 25.7 Å². The third kappa shape index (κ3) is 3.91. The number of aliphatic hydroxyl groups is 1. The minimum atomic E-state index is -0.349. The number of likely N-dealkylation sites (tertiary alicyclic amines) is 1. The zero-order valence-corrected chi connectivity index (χ0v) is 11.1. The minimum Gasteiger partial charge on any atom is -0.389 e. The lowest BCUT2D eigenvalue weighted by atomic mass is 9.94. The van der Waals surface area contributed by atoms with E-state index in [1.54, 1.807) is 0 Å². The maximum absolute atomic E-state index is 9.90. The predicted octanol–water partition coefficient (Wildman–Crippen LogP) is 0.456. The van der Waals surface area contributed by atoms with E-state index in [4.69, 9.17) is 4.74 Å². The molecule has 0 aromatic rings. The van der Waals surface area contributed by atoms with Crippen molar-refractivity contribution in [1.82, 2.24) is 10.2 Å². The van der Waals surface area contributed by atoms with Gasteiger partial charge in [-0.1, -0.05) is 0 Å². The van der Waals surface area contributed by atoms with Crippen LogP contribution in [0.3, 0.4) is 0 Å². The number of piperidine rings is 1. The standard InChI is InChI=1S/C13H26N2O2/c1-10(2)17-9-12(16)7-15-6-11-4-3-5-14-13(11)8-15/h10-14,16H,3-9H2,1-2H3. The number of nitrogens with zero attached hydrogens (tertiary/aromatic N) is 1. The SMILES string of the molecule is CC(C)OCC(O)CN1CC2CCCNC2C1. The van der Waals surface area contributed by atoms with Crippen LogP contribution >= 0.6 is 0 Å². The van der Waals surface area contributed by atoms with Crippen LogP contribution in [-0.2, 0) is 4.74 Å². The molecule has 100 valence electrons. The second-order valence-corrected chi connectivity index (χ2v) is 5.72. The van der Waals surface area contributed by atoms with Gasteiger partial charge in [0.25, 0.3) is 0 Å². The number of nitrogens with one attached hydrogen (secondary N) is 1. The van der Waals surface area contributed by atoms with Crippen LogP contribution in [0.15, 0.2) is 0 Å². The van der Waals surface area contributed by atoms with Crippen molar-refractivity contribution in [2.24, 2.45) is 5.92 Å². The Labute approximate surface area is 104 Å². The van der Waals surface area contributed by atoms with Gasteiger partial charge in [-0.15, -0.1) is 0 Å². The van der Waals surface area contributed by atoms with Crippen LogP contribution < -0.4 is 5.32 Å². The van der Waals surface area contributed by atoms with Crippen molar-refractivity contribution in [3.8, 4) is 0 Å². The van der Waals surface area contributed by atoms with E-state index >= 15 is 0 Å². The fraction of sp³-hybridized carbons (Fsp3) is 1.00. The number of rotatable bonds is 5. The maximum Gasteiger partial charge on any atom is 0.0900 e. The van der Waals surface area contributed by atoms with Crippen molar-refractivity contribution in [3.05, 3.63) is 0 Å². The normalized spacial score (nSPS) is 31.8. The zero-order valence-electron chi connectivity index (χ0n) is 11.1. The Balaban J connectivity index is 1.69. The first kappa shape index (κ1) is 13.3. The maximum atomic E-state index is 9.90. The molecule has 2 rings (SSSR count). The number of aliphatic hydroxyl groups excluding tert-OH is 1. The van der Waals surface area contributed by atoms with Gasteiger partial charge in [-0.2, -0.15) is 0 Å². The first-order valence-electron chi connectivity index (χ1n) is 6.90. The Kier molecular flexibility index (Phi) is 4.79. The van der Waals surface area contributed by atoms with E-state index in [0.717, 1.165) is 32.1 Å². The Bertz CT molecular complexity index is 221. The molecule has 3 atom stereocenters. The summed E-state index contributed by atoms with van der Waals surface area (Å²) in [5.74, 6) is 0.793. The Morgan fingerprint density at radius 3 is 2.94 bits per heavy atom. The molecule has 2 heterocycles. The Morgan fingerprint density at radius 2 is 2.24 bits per heavy atom. The molecular formula is C13H26N2O2. The molecule has 2 saturated heterocycles. The third-order valence-corrected chi connectivity index (χ3v) is 3.77. The molecule has 2 fully saturated rings. The highest BCUT2D eigenvalue weighted by Crippen LogP contribution is 2.24. The van der Waals surface area contributed by atoms with E-state index < -0.39 is 0 Å². The number of hydrogen-bond acceptors (Lipinski definition) is 4. The van der Waals surface area contributed by atoms with Crippen LogP contribution in [0.2, 0.25) is 0 Å². The predicted molar refractivity (Wildman–Crippen MR) is 68.0 cm³/mol. The van der Waals surface area contributed by atoms with E-state index in [1.807, 2.05) is 13.8 Å². The lowest BCUT2D eigenvalue weighted by Gasteiger charge is -2.24. The lowest BCUT2D eigenvalue weighted by molar-refractivity contribution is -0.00628. The van der Waals surface area contributed by atoms with Crippen LogP contribution in [0.25, 0.3) is 0 Å².